The molecular weight excluding hydrogens is 361 g/mol. The van der Waals surface area contributed by atoms with Crippen LogP contribution < -0.4 is 14.8 Å². The van der Waals surface area contributed by atoms with E-state index in [1.807, 2.05) is 0 Å². The summed E-state index contributed by atoms with van der Waals surface area (Å²) in [6.45, 7) is -0.837. The maximum absolute atomic E-state index is 12.9. The maximum Gasteiger partial charge on any atom is 0.387 e. The number of amides is 1. The lowest BCUT2D eigenvalue weighted by Gasteiger charge is -2.24. The summed E-state index contributed by atoms with van der Waals surface area (Å²) in [5.41, 5.74) is 1.26. The standard InChI is InChI=1S/C19H21F3N2O3/c1-12(18(25)23-15-7-5-14(20)6-8-15)24(2)11-13-4-9-16(27-19(21)22)17(10-13)26-3/h4-10,12,19H,11H2,1-3H3,(H,23,25)/t12-/m1/s1. The molecule has 27 heavy (non-hydrogen) atoms. The Hall–Kier alpha value is -2.74. The predicted molar refractivity (Wildman–Crippen MR) is 95.6 cm³/mol. The molecule has 0 aromatic heterocycles. The van der Waals surface area contributed by atoms with Crippen LogP contribution in [0.25, 0.3) is 0 Å². The molecular formula is C19H21F3N2O3. The van der Waals surface area contributed by atoms with Crippen molar-refractivity contribution >= 4 is 11.6 Å². The number of hydrogen-bond acceptors (Lipinski definition) is 4. The first-order valence-corrected chi connectivity index (χ1v) is 8.18. The molecule has 0 radical (unpaired) electrons. The van der Waals surface area contributed by atoms with Crippen molar-refractivity contribution in [1.82, 2.24) is 4.90 Å². The summed E-state index contributed by atoms with van der Waals surface area (Å²) < 4.78 is 47.2. The lowest BCUT2D eigenvalue weighted by atomic mass is 10.1. The van der Waals surface area contributed by atoms with Gasteiger partial charge in [0, 0.05) is 12.2 Å². The third-order valence-corrected chi connectivity index (χ3v) is 4.03. The minimum Gasteiger partial charge on any atom is -0.493 e. The Morgan fingerprint density at radius 2 is 1.81 bits per heavy atom. The molecule has 2 aromatic carbocycles. The summed E-state index contributed by atoms with van der Waals surface area (Å²) in [5.74, 6) is -0.509. The monoisotopic (exact) mass is 382 g/mol. The Labute approximate surface area is 155 Å². The lowest BCUT2D eigenvalue weighted by molar-refractivity contribution is -0.120. The van der Waals surface area contributed by atoms with Gasteiger partial charge in [0.1, 0.15) is 5.82 Å². The van der Waals surface area contributed by atoms with Crippen LogP contribution in [0.4, 0.5) is 18.9 Å². The second kappa shape index (κ2) is 9.27. The van der Waals surface area contributed by atoms with Gasteiger partial charge >= 0.3 is 6.61 Å². The zero-order valence-electron chi connectivity index (χ0n) is 15.2. The van der Waals surface area contributed by atoms with Crippen molar-refractivity contribution in [2.75, 3.05) is 19.5 Å². The van der Waals surface area contributed by atoms with E-state index in [9.17, 15) is 18.0 Å². The van der Waals surface area contributed by atoms with Crippen molar-refractivity contribution in [2.24, 2.45) is 0 Å². The summed E-state index contributed by atoms with van der Waals surface area (Å²) in [4.78, 5) is 14.1. The number of rotatable bonds is 8. The van der Waals surface area contributed by atoms with Crippen LogP contribution in [0.2, 0.25) is 0 Å². The number of nitrogens with zero attached hydrogens (tertiary/aromatic N) is 1. The predicted octanol–water partition coefficient (Wildman–Crippen LogP) is 3.89. The smallest absolute Gasteiger partial charge is 0.387 e. The Balaban J connectivity index is 2.01. The quantitative estimate of drug-likeness (QED) is 0.753. The molecule has 0 heterocycles. The van der Waals surface area contributed by atoms with Gasteiger partial charge < -0.3 is 14.8 Å². The number of carbonyl (C=O) groups excluding carboxylic acids is 1. The first-order chi connectivity index (χ1) is 12.8. The van der Waals surface area contributed by atoms with Gasteiger partial charge in [0.05, 0.1) is 13.2 Å². The SMILES string of the molecule is COc1cc(CN(C)[C@H](C)C(=O)Nc2ccc(F)cc2)ccc1OC(F)F. The highest BCUT2D eigenvalue weighted by Crippen LogP contribution is 2.30. The van der Waals surface area contributed by atoms with E-state index >= 15 is 0 Å². The number of ether oxygens (including phenoxy) is 2. The van der Waals surface area contributed by atoms with Gasteiger partial charge in [-0.1, -0.05) is 6.07 Å². The number of likely N-dealkylation sites (N-methyl/N-ethyl adjacent to an activating group) is 1. The van der Waals surface area contributed by atoms with Crippen LogP contribution in [0.5, 0.6) is 11.5 Å². The normalized spacial score (nSPS) is 12.1. The van der Waals surface area contributed by atoms with E-state index in [4.69, 9.17) is 4.74 Å². The second-order valence-corrected chi connectivity index (χ2v) is 5.95. The van der Waals surface area contributed by atoms with Gasteiger partial charge in [0.15, 0.2) is 11.5 Å². The number of anilines is 1. The maximum atomic E-state index is 12.9. The van der Waals surface area contributed by atoms with E-state index in [0.717, 1.165) is 5.56 Å². The highest BCUT2D eigenvalue weighted by Gasteiger charge is 2.19. The van der Waals surface area contributed by atoms with Crippen molar-refractivity contribution in [1.29, 1.82) is 0 Å². The van der Waals surface area contributed by atoms with Crippen LogP contribution in [0.15, 0.2) is 42.5 Å². The zero-order valence-corrected chi connectivity index (χ0v) is 15.2. The fourth-order valence-corrected chi connectivity index (χ4v) is 2.41. The minimum atomic E-state index is -2.94. The van der Waals surface area contributed by atoms with Crippen LogP contribution >= 0.6 is 0 Å². The molecule has 0 fully saturated rings. The van der Waals surface area contributed by atoms with E-state index in [1.165, 1.54) is 37.4 Å². The average molecular weight is 382 g/mol. The molecule has 0 spiro atoms. The molecule has 2 aromatic rings. The molecule has 0 saturated heterocycles. The molecule has 0 aliphatic rings. The molecule has 5 nitrogen and oxygen atoms in total. The van der Waals surface area contributed by atoms with Gasteiger partial charge in [0.25, 0.3) is 0 Å². The van der Waals surface area contributed by atoms with Crippen LogP contribution in [0.3, 0.4) is 0 Å². The van der Waals surface area contributed by atoms with E-state index in [2.05, 4.69) is 10.1 Å². The number of hydrogen-bond donors (Lipinski definition) is 1. The molecule has 0 unspecified atom stereocenters. The lowest BCUT2D eigenvalue weighted by Crippen LogP contribution is -2.39. The topological polar surface area (TPSA) is 50.8 Å². The number of benzene rings is 2. The number of carbonyl (C=O) groups is 1. The Kier molecular flexibility index (Phi) is 7.06. The molecule has 146 valence electrons. The van der Waals surface area contributed by atoms with Crippen molar-refractivity contribution in [2.45, 2.75) is 26.1 Å². The van der Waals surface area contributed by atoms with E-state index in [-0.39, 0.29) is 23.2 Å². The molecule has 2 rings (SSSR count). The van der Waals surface area contributed by atoms with Crippen molar-refractivity contribution < 1.29 is 27.4 Å². The van der Waals surface area contributed by atoms with Gasteiger partial charge in [-0.05, 0) is 55.9 Å². The molecule has 1 amide bonds. The number of methoxy groups -OCH3 is 1. The fourth-order valence-electron chi connectivity index (χ4n) is 2.41. The first-order valence-electron chi connectivity index (χ1n) is 8.18. The zero-order chi connectivity index (χ0) is 20.0. The van der Waals surface area contributed by atoms with Crippen molar-refractivity contribution in [3.8, 4) is 11.5 Å². The Morgan fingerprint density at radius 3 is 2.41 bits per heavy atom. The molecule has 0 saturated carbocycles. The summed E-state index contributed by atoms with van der Waals surface area (Å²) >= 11 is 0. The highest BCUT2D eigenvalue weighted by atomic mass is 19.3. The second-order valence-electron chi connectivity index (χ2n) is 5.95. The largest absolute Gasteiger partial charge is 0.493 e. The average Bonchev–Trinajstić information content (AvgIpc) is 2.63. The van der Waals surface area contributed by atoms with Gasteiger partial charge in [-0.2, -0.15) is 8.78 Å². The summed E-state index contributed by atoms with van der Waals surface area (Å²) in [5, 5.41) is 2.71. The molecule has 0 bridgehead atoms. The number of nitrogens with one attached hydrogen (secondary N) is 1. The van der Waals surface area contributed by atoms with E-state index in [1.54, 1.807) is 31.0 Å². The van der Waals surface area contributed by atoms with Gasteiger partial charge in [0.2, 0.25) is 5.91 Å². The Morgan fingerprint density at radius 1 is 1.15 bits per heavy atom. The van der Waals surface area contributed by atoms with Gasteiger partial charge in [-0.3, -0.25) is 9.69 Å². The van der Waals surface area contributed by atoms with E-state index in [0.29, 0.717) is 12.2 Å². The summed E-state index contributed by atoms with van der Waals surface area (Å²) in [6.07, 6.45) is 0. The number of alkyl halides is 2. The van der Waals surface area contributed by atoms with E-state index < -0.39 is 12.7 Å². The van der Waals surface area contributed by atoms with Gasteiger partial charge in [-0.25, -0.2) is 4.39 Å². The minimum absolute atomic E-state index is 0.0546. The van der Waals surface area contributed by atoms with Crippen molar-refractivity contribution in [3.63, 3.8) is 0 Å². The third kappa shape index (κ3) is 5.89. The summed E-state index contributed by atoms with van der Waals surface area (Å²) in [6, 6.07) is 9.60. The Bertz CT molecular complexity index is 769. The van der Waals surface area contributed by atoms with Crippen LogP contribution in [0.1, 0.15) is 12.5 Å². The molecule has 1 N–H and O–H groups in total. The van der Waals surface area contributed by atoms with Gasteiger partial charge in [-0.15, -0.1) is 0 Å². The third-order valence-electron chi connectivity index (χ3n) is 4.03. The van der Waals surface area contributed by atoms with Crippen LogP contribution in [-0.2, 0) is 11.3 Å². The molecule has 1 atom stereocenters. The van der Waals surface area contributed by atoms with Crippen molar-refractivity contribution in [3.05, 3.63) is 53.8 Å². The summed E-state index contributed by atoms with van der Waals surface area (Å²) in [7, 11) is 3.12. The highest BCUT2D eigenvalue weighted by molar-refractivity contribution is 5.94. The van der Waals surface area contributed by atoms with Crippen LogP contribution in [-0.4, -0.2) is 37.6 Å². The first kappa shape index (κ1) is 20.6. The fraction of sp³-hybridized carbons (Fsp3) is 0.316. The molecule has 0 aliphatic carbocycles. The van der Waals surface area contributed by atoms with Crippen LogP contribution in [0, 0.1) is 5.82 Å². The molecule has 8 heteroatoms. The molecule has 0 aliphatic heterocycles. The number of halogens is 3.